The van der Waals surface area contributed by atoms with E-state index in [1.807, 2.05) is 12.3 Å². The second-order valence-electron chi connectivity index (χ2n) is 4.69. The summed E-state index contributed by atoms with van der Waals surface area (Å²) in [5.41, 5.74) is 1.14. The van der Waals surface area contributed by atoms with Crippen LogP contribution in [-0.2, 0) is 6.54 Å². The number of ether oxygens (including phenoxy) is 1. The van der Waals surface area contributed by atoms with Crippen LogP contribution in [0.4, 0.5) is 0 Å². The zero-order chi connectivity index (χ0) is 12.5. The van der Waals surface area contributed by atoms with Crippen LogP contribution >= 0.6 is 0 Å². The van der Waals surface area contributed by atoms with Crippen molar-refractivity contribution in [1.29, 1.82) is 0 Å². The number of hydrogen-bond donors (Lipinski definition) is 1. The molecule has 1 rings (SSSR count). The summed E-state index contributed by atoms with van der Waals surface area (Å²) in [4.78, 5) is 4.15. The van der Waals surface area contributed by atoms with E-state index in [-0.39, 0.29) is 0 Å². The highest BCUT2D eigenvalue weighted by Crippen LogP contribution is 2.17. The van der Waals surface area contributed by atoms with E-state index in [4.69, 9.17) is 4.74 Å². The molecule has 0 fully saturated rings. The molecule has 1 aromatic rings. The number of hydrogen-bond acceptors (Lipinski definition) is 3. The fourth-order valence-corrected chi connectivity index (χ4v) is 1.49. The molecule has 0 saturated heterocycles. The highest BCUT2D eigenvalue weighted by atomic mass is 16.5. The van der Waals surface area contributed by atoms with E-state index < -0.39 is 0 Å². The van der Waals surface area contributed by atoms with Crippen molar-refractivity contribution in [2.45, 2.75) is 40.2 Å². The molecule has 0 atom stereocenters. The summed E-state index contributed by atoms with van der Waals surface area (Å²) >= 11 is 0. The molecule has 0 amide bonds. The van der Waals surface area contributed by atoms with E-state index in [1.54, 1.807) is 6.20 Å². The highest BCUT2D eigenvalue weighted by molar-refractivity contribution is 5.29. The Morgan fingerprint density at radius 1 is 1.41 bits per heavy atom. The van der Waals surface area contributed by atoms with Crippen molar-refractivity contribution < 1.29 is 4.74 Å². The van der Waals surface area contributed by atoms with E-state index >= 15 is 0 Å². The summed E-state index contributed by atoms with van der Waals surface area (Å²) in [7, 11) is 0. The SMILES string of the molecule is CCCNCc1cnccc1OCCC(C)C. The first-order chi connectivity index (χ1) is 8.24. The average molecular weight is 236 g/mol. The minimum absolute atomic E-state index is 0.679. The molecular formula is C14H24N2O. The topological polar surface area (TPSA) is 34.2 Å². The van der Waals surface area contributed by atoms with Gasteiger partial charge in [0.1, 0.15) is 5.75 Å². The molecule has 0 aromatic carbocycles. The van der Waals surface area contributed by atoms with E-state index in [9.17, 15) is 0 Å². The van der Waals surface area contributed by atoms with E-state index in [0.717, 1.165) is 43.9 Å². The fraction of sp³-hybridized carbons (Fsp3) is 0.643. The third-order valence-corrected chi connectivity index (χ3v) is 2.55. The van der Waals surface area contributed by atoms with Crippen molar-refractivity contribution >= 4 is 0 Å². The molecule has 1 N–H and O–H groups in total. The van der Waals surface area contributed by atoms with E-state index in [2.05, 4.69) is 31.1 Å². The van der Waals surface area contributed by atoms with Crippen molar-refractivity contribution in [2.24, 2.45) is 5.92 Å². The third-order valence-electron chi connectivity index (χ3n) is 2.55. The summed E-state index contributed by atoms with van der Waals surface area (Å²) in [5.74, 6) is 1.64. The zero-order valence-electron chi connectivity index (χ0n) is 11.2. The normalized spacial score (nSPS) is 10.8. The van der Waals surface area contributed by atoms with Crippen molar-refractivity contribution in [1.82, 2.24) is 10.3 Å². The van der Waals surface area contributed by atoms with Crippen molar-refractivity contribution in [3.63, 3.8) is 0 Å². The van der Waals surface area contributed by atoms with Crippen molar-refractivity contribution in [3.8, 4) is 5.75 Å². The van der Waals surface area contributed by atoms with Gasteiger partial charge in [-0.3, -0.25) is 4.98 Å². The Balaban J connectivity index is 2.46. The third kappa shape index (κ3) is 5.68. The summed E-state index contributed by atoms with van der Waals surface area (Å²) in [6.07, 6.45) is 5.90. The number of nitrogens with one attached hydrogen (secondary N) is 1. The number of pyridine rings is 1. The molecule has 0 radical (unpaired) electrons. The van der Waals surface area contributed by atoms with Crippen LogP contribution in [0.1, 0.15) is 39.2 Å². The molecule has 1 aromatic heterocycles. The van der Waals surface area contributed by atoms with Crippen LogP contribution in [0.5, 0.6) is 5.75 Å². The van der Waals surface area contributed by atoms with Crippen molar-refractivity contribution in [3.05, 3.63) is 24.0 Å². The molecule has 17 heavy (non-hydrogen) atoms. The van der Waals surface area contributed by atoms with Crippen molar-refractivity contribution in [2.75, 3.05) is 13.2 Å². The van der Waals surface area contributed by atoms with Gasteiger partial charge in [0, 0.05) is 24.5 Å². The Hall–Kier alpha value is -1.09. The first kappa shape index (κ1) is 14.0. The zero-order valence-corrected chi connectivity index (χ0v) is 11.2. The molecule has 1 heterocycles. The largest absolute Gasteiger partial charge is 0.493 e. The standard InChI is InChI=1S/C14H24N2O/c1-4-7-15-10-13-11-16-8-5-14(13)17-9-6-12(2)3/h5,8,11-12,15H,4,6-7,9-10H2,1-3H3. The molecule has 0 aliphatic rings. The molecule has 0 aliphatic carbocycles. The molecule has 3 nitrogen and oxygen atoms in total. The van der Waals surface area contributed by atoms with E-state index in [1.165, 1.54) is 0 Å². The molecule has 0 unspecified atom stereocenters. The van der Waals surface area contributed by atoms with Gasteiger partial charge in [-0.05, 0) is 31.4 Å². The molecular weight excluding hydrogens is 212 g/mol. The Labute approximate surface area is 105 Å². The van der Waals surface area contributed by atoms with Gasteiger partial charge in [-0.2, -0.15) is 0 Å². The summed E-state index contributed by atoms with van der Waals surface area (Å²) < 4.78 is 5.80. The van der Waals surface area contributed by atoms with Crippen LogP contribution in [0.15, 0.2) is 18.5 Å². The van der Waals surface area contributed by atoms with Crippen LogP contribution in [-0.4, -0.2) is 18.1 Å². The molecule has 3 heteroatoms. The minimum Gasteiger partial charge on any atom is -0.493 e. The lowest BCUT2D eigenvalue weighted by Gasteiger charge is -2.12. The van der Waals surface area contributed by atoms with Crippen LogP contribution in [0.2, 0.25) is 0 Å². The minimum atomic E-state index is 0.679. The van der Waals surface area contributed by atoms with Gasteiger partial charge in [-0.25, -0.2) is 0 Å². The Morgan fingerprint density at radius 3 is 2.94 bits per heavy atom. The average Bonchev–Trinajstić information content (AvgIpc) is 2.31. The highest BCUT2D eigenvalue weighted by Gasteiger charge is 2.03. The maximum Gasteiger partial charge on any atom is 0.126 e. The lowest BCUT2D eigenvalue weighted by Crippen LogP contribution is -2.15. The molecule has 0 bridgehead atoms. The number of nitrogens with zero attached hydrogens (tertiary/aromatic N) is 1. The summed E-state index contributed by atoms with van der Waals surface area (Å²) in [5, 5.41) is 3.37. The Bertz CT molecular complexity index is 313. The first-order valence-corrected chi connectivity index (χ1v) is 6.50. The monoisotopic (exact) mass is 236 g/mol. The molecule has 0 saturated carbocycles. The maximum atomic E-state index is 5.80. The Kier molecular flexibility index (Phi) is 6.63. The van der Waals surface area contributed by atoms with Gasteiger partial charge in [0.25, 0.3) is 0 Å². The molecule has 0 spiro atoms. The van der Waals surface area contributed by atoms with Crippen LogP contribution < -0.4 is 10.1 Å². The smallest absolute Gasteiger partial charge is 0.126 e. The first-order valence-electron chi connectivity index (χ1n) is 6.50. The van der Waals surface area contributed by atoms with Gasteiger partial charge in [-0.1, -0.05) is 20.8 Å². The predicted molar refractivity (Wildman–Crippen MR) is 71.2 cm³/mol. The molecule has 0 aliphatic heterocycles. The summed E-state index contributed by atoms with van der Waals surface area (Å²) in [6, 6.07) is 1.95. The lowest BCUT2D eigenvalue weighted by atomic mass is 10.1. The van der Waals surface area contributed by atoms with Crippen LogP contribution in [0, 0.1) is 5.92 Å². The lowest BCUT2D eigenvalue weighted by molar-refractivity contribution is 0.286. The second kappa shape index (κ2) is 8.07. The van der Waals surface area contributed by atoms with Gasteiger partial charge in [0.05, 0.1) is 6.61 Å². The number of rotatable bonds is 8. The fourth-order valence-electron chi connectivity index (χ4n) is 1.49. The van der Waals surface area contributed by atoms with E-state index in [0.29, 0.717) is 5.92 Å². The number of aromatic nitrogens is 1. The second-order valence-corrected chi connectivity index (χ2v) is 4.69. The quantitative estimate of drug-likeness (QED) is 0.705. The van der Waals surface area contributed by atoms with Crippen LogP contribution in [0.3, 0.4) is 0 Å². The summed E-state index contributed by atoms with van der Waals surface area (Å²) in [6.45, 7) is 9.22. The predicted octanol–water partition coefficient (Wildman–Crippen LogP) is 3.01. The van der Waals surface area contributed by atoms with Gasteiger partial charge in [0.15, 0.2) is 0 Å². The molecule has 96 valence electrons. The van der Waals surface area contributed by atoms with Gasteiger partial charge >= 0.3 is 0 Å². The van der Waals surface area contributed by atoms with Gasteiger partial charge < -0.3 is 10.1 Å². The maximum absolute atomic E-state index is 5.80. The van der Waals surface area contributed by atoms with Crippen LogP contribution in [0.25, 0.3) is 0 Å². The van der Waals surface area contributed by atoms with Gasteiger partial charge in [0.2, 0.25) is 0 Å². The Morgan fingerprint density at radius 2 is 2.24 bits per heavy atom. The van der Waals surface area contributed by atoms with Gasteiger partial charge in [-0.15, -0.1) is 0 Å².